The van der Waals surface area contributed by atoms with E-state index in [-0.39, 0.29) is 31.5 Å². The van der Waals surface area contributed by atoms with Crippen molar-refractivity contribution in [2.24, 2.45) is 0 Å². The minimum atomic E-state index is -0.911. The summed E-state index contributed by atoms with van der Waals surface area (Å²) in [7, 11) is 0. The Hall–Kier alpha value is -2.04. The molecule has 5 nitrogen and oxygen atoms in total. The van der Waals surface area contributed by atoms with E-state index in [0.717, 1.165) is 17.7 Å². The Morgan fingerprint density at radius 1 is 1.22 bits per heavy atom. The maximum absolute atomic E-state index is 12.3. The number of ether oxygens (including phenoxy) is 1. The van der Waals surface area contributed by atoms with Crippen molar-refractivity contribution in [2.45, 2.75) is 52.5 Å². The monoisotopic (exact) mass is 321 g/mol. The first-order valence-corrected chi connectivity index (χ1v) is 8.09. The number of carbonyl (C=O) groups excluding carboxylic acids is 1. The lowest BCUT2D eigenvalue weighted by atomic mass is 9.98. The summed E-state index contributed by atoms with van der Waals surface area (Å²) in [4.78, 5) is 24.6. The molecule has 0 saturated heterocycles. The molecule has 0 saturated carbocycles. The largest absolute Gasteiger partial charge is 0.483 e. The number of benzene rings is 1. The molecule has 1 atom stereocenters. The van der Waals surface area contributed by atoms with E-state index in [1.54, 1.807) is 4.90 Å². The number of carbonyl (C=O) groups is 2. The van der Waals surface area contributed by atoms with E-state index >= 15 is 0 Å². The molecule has 1 rings (SSSR count). The number of carboxylic acids is 1. The molecular formula is C18H27NO4. The third kappa shape index (κ3) is 5.93. The van der Waals surface area contributed by atoms with Crippen molar-refractivity contribution in [1.82, 2.24) is 4.90 Å². The molecule has 0 fully saturated rings. The summed E-state index contributed by atoms with van der Waals surface area (Å²) in [5, 5.41) is 8.79. The van der Waals surface area contributed by atoms with Gasteiger partial charge in [-0.15, -0.1) is 0 Å². The zero-order valence-electron chi connectivity index (χ0n) is 14.4. The Kier molecular flexibility index (Phi) is 7.59. The second-order valence-corrected chi connectivity index (χ2v) is 5.96. The summed E-state index contributed by atoms with van der Waals surface area (Å²) in [6.45, 7) is 8.09. The van der Waals surface area contributed by atoms with Gasteiger partial charge in [0.1, 0.15) is 5.75 Å². The van der Waals surface area contributed by atoms with E-state index in [1.807, 2.05) is 38.1 Å². The molecule has 1 amide bonds. The van der Waals surface area contributed by atoms with Gasteiger partial charge in [0.2, 0.25) is 0 Å². The Labute approximate surface area is 138 Å². The van der Waals surface area contributed by atoms with Gasteiger partial charge in [-0.25, -0.2) is 0 Å². The summed E-state index contributed by atoms with van der Waals surface area (Å²) in [6.07, 6.45) is 0.929. The van der Waals surface area contributed by atoms with Gasteiger partial charge in [-0.1, -0.05) is 32.0 Å². The number of rotatable bonds is 9. The van der Waals surface area contributed by atoms with Crippen LogP contribution in [-0.4, -0.2) is 41.1 Å². The van der Waals surface area contributed by atoms with Gasteiger partial charge in [0.15, 0.2) is 6.61 Å². The SMILES string of the molecule is CCC(C)c1ccccc1OCC(=O)N(CCC(=O)O)C(C)C. The van der Waals surface area contributed by atoms with Gasteiger partial charge in [-0.3, -0.25) is 9.59 Å². The standard InChI is InChI=1S/C18H27NO4/c1-5-14(4)15-8-6-7-9-16(15)23-12-17(20)19(13(2)3)11-10-18(21)22/h6-9,13-14H,5,10-12H2,1-4H3,(H,21,22). The van der Waals surface area contributed by atoms with Crippen LogP contribution in [0.15, 0.2) is 24.3 Å². The lowest BCUT2D eigenvalue weighted by Gasteiger charge is -2.26. The number of aliphatic carboxylic acids is 1. The molecule has 0 bridgehead atoms. The van der Waals surface area contributed by atoms with Crippen LogP contribution >= 0.6 is 0 Å². The van der Waals surface area contributed by atoms with Crippen molar-refractivity contribution in [3.63, 3.8) is 0 Å². The van der Waals surface area contributed by atoms with Gasteiger partial charge < -0.3 is 14.7 Å². The Morgan fingerprint density at radius 3 is 2.43 bits per heavy atom. The summed E-state index contributed by atoms with van der Waals surface area (Å²) in [5.41, 5.74) is 1.09. The molecule has 0 aliphatic rings. The van der Waals surface area contributed by atoms with Crippen LogP contribution in [0, 0.1) is 0 Å². The molecule has 23 heavy (non-hydrogen) atoms. The van der Waals surface area contributed by atoms with E-state index in [1.165, 1.54) is 0 Å². The Balaban J connectivity index is 2.72. The minimum absolute atomic E-state index is 0.0599. The Bertz CT molecular complexity index is 528. The first-order valence-electron chi connectivity index (χ1n) is 8.09. The first-order chi connectivity index (χ1) is 10.9. The van der Waals surface area contributed by atoms with Crippen LogP contribution in [-0.2, 0) is 9.59 Å². The maximum atomic E-state index is 12.3. The number of para-hydroxylation sites is 1. The van der Waals surface area contributed by atoms with E-state index in [2.05, 4.69) is 13.8 Å². The van der Waals surface area contributed by atoms with Crippen LogP contribution in [0.4, 0.5) is 0 Å². The normalized spacial score (nSPS) is 12.0. The van der Waals surface area contributed by atoms with E-state index in [4.69, 9.17) is 9.84 Å². The quantitative estimate of drug-likeness (QED) is 0.758. The van der Waals surface area contributed by atoms with Gasteiger partial charge in [0.25, 0.3) is 5.91 Å². The Morgan fingerprint density at radius 2 is 1.87 bits per heavy atom. The molecule has 0 aliphatic carbocycles. The average molecular weight is 321 g/mol. The summed E-state index contributed by atoms with van der Waals surface area (Å²) >= 11 is 0. The summed E-state index contributed by atoms with van der Waals surface area (Å²) in [5.74, 6) is -0.0293. The average Bonchev–Trinajstić information content (AvgIpc) is 2.52. The summed E-state index contributed by atoms with van der Waals surface area (Å²) < 4.78 is 5.72. The van der Waals surface area contributed by atoms with Gasteiger partial charge >= 0.3 is 5.97 Å². The van der Waals surface area contributed by atoms with Gasteiger partial charge in [0, 0.05) is 12.6 Å². The number of nitrogens with zero attached hydrogens (tertiary/aromatic N) is 1. The molecular weight excluding hydrogens is 294 g/mol. The molecule has 1 N–H and O–H groups in total. The van der Waals surface area contributed by atoms with Crippen LogP contribution in [0.25, 0.3) is 0 Å². The minimum Gasteiger partial charge on any atom is -0.483 e. The van der Waals surface area contributed by atoms with Crippen LogP contribution in [0.3, 0.4) is 0 Å². The third-order valence-corrected chi connectivity index (χ3v) is 3.92. The maximum Gasteiger partial charge on any atom is 0.305 e. The molecule has 1 aromatic rings. The molecule has 1 unspecified atom stereocenters. The van der Waals surface area contributed by atoms with Gasteiger partial charge in [-0.05, 0) is 37.8 Å². The van der Waals surface area contributed by atoms with Crippen molar-refractivity contribution >= 4 is 11.9 Å². The zero-order chi connectivity index (χ0) is 17.4. The highest BCUT2D eigenvalue weighted by atomic mass is 16.5. The highest BCUT2D eigenvalue weighted by molar-refractivity contribution is 5.78. The fourth-order valence-corrected chi connectivity index (χ4v) is 2.35. The molecule has 128 valence electrons. The van der Waals surface area contributed by atoms with E-state index in [0.29, 0.717) is 5.92 Å². The second-order valence-electron chi connectivity index (χ2n) is 5.96. The predicted molar refractivity (Wildman–Crippen MR) is 89.7 cm³/mol. The van der Waals surface area contributed by atoms with Crippen LogP contribution in [0.2, 0.25) is 0 Å². The first kappa shape index (κ1) is 19.0. The second kappa shape index (κ2) is 9.18. The van der Waals surface area contributed by atoms with E-state index in [9.17, 15) is 9.59 Å². The van der Waals surface area contributed by atoms with Crippen molar-refractivity contribution in [3.8, 4) is 5.75 Å². The summed E-state index contributed by atoms with van der Waals surface area (Å²) in [6, 6.07) is 7.67. The lowest BCUT2D eigenvalue weighted by Crippen LogP contribution is -2.41. The predicted octanol–water partition coefficient (Wildman–Crippen LogP) is 3.29. The van der Waals surface area contributed by atoms with Gasteiger partial charge in [0.05, 0.1) is 6.42 Å². The fourth-order valence-electron chi connectivity index (χ4n) is 2.35. The fraction of sp³-hybridized carbons (Fsp3) is 0.556. The number of hydrogen-bond donors (Lipinski definition) is 1. The molecule has 1 aromatic carbocycles. The molecule has 0 radical (unpaired) electrons. The molecule has 0 heterocycles. The highest BCUT2D eigenvalue weighted by Gasteiger charge is 2.19. The van der Waals surface area contributed by atoms with Crippen LogP contribution in [0.1, 0.15) is 52.0 Å². The van der Waals surface area contributed by atoms with Crippen molar-refractivity contribution in [3.05, 3.63) is 29.8 Å². The van der Waals surface area contributed by atoms with Gasteiger partial charge in [-0.2, -0.15) is 0 Å². The van der Waals surface area contributed by atoms with Crippen molar-refractivity contribution < 1.29 is 19.4 Å². The highest BCUT2D eigenvalue weighted by Crippen LogP contribution is 2.28. The number of hydrogen-bond acceptors (Lipinski definition) is 3. The van der Waals surface area contributed by atoms with E-state index < -0.39 is 5.97 Å². The molecule has 0 spiro atoms. The van der Waals surface area contributed by atoms with Crippen molar-refractivity contribution in [1.29, 1.82) is 0 Å². The molecule has 0 aliphatic heterocycles. The lowest BCUT2D eigenvalue weighted by molar-refractivity contribution is -0.139. The van der Waals surface area contributed by atoms with Crippen LogP contribution in [0.5, 0.6) is 5.75 Å². The smallest absolute Gasteiger partial charge is 0.305 e. The van der Waals surface area contributed by atoms with Crippen molar-refractivity contribution in [2.75, 3.05) is 13.2 Å². The number of amides is 1. The number of carboxylic acid groups (broad SMARTS) is 1. The molecule has 0 aromatic heterocycles. The third-order valence-electron chi connectivity index (χ3n) is 3.92. The zero-order valence-corrected chi connectivity index (χ0v) is 14.4. The molecule has 5 heteroatoms. The topological polar surface area (TPSA) is 66.8 Å². The van der Waals surface area contributed by atoms with Crippen LogP contribution < -0.4 is 4.74 Å².